The molecule has 128 valence electrons. The number of amides is 1. The summed E-state index contributed by atoms with van der Waals surface area (Å²) >= 11 is 1.05. The number of hydrogen-bond acceptors (Lipinski definition) is 6. The number of nitrogens with one attached hydrogen (secondary N) is 1. The van der Waals surface area contributed by atoms with Crippen LogP contribution in [0.25, 0.3) is 0 Å². The van der Waals surface area contributed by atoms with E-state index in [4.69, 9.17) is 14.6 Å². The Hall–Kier alpha value is -2.61. The van der Waals surface area contributed by atoms with E-state index < -0.39 is 12.0 Å². The summed E-state index contributed by atoms with van der Waals surface area (Å²) in [6, 6.07) is 6.55. The van der Waals surface area contributed by atoms with Crippen LogP contribution in [0.4, 0.5) is 0 Å². The summed E-state index contributed by atoms with van der Waals surface area (Å²) in [5.41, 5.74) is 0.441. The number of hydrogen-bond donors (Lipinski definition) is 2. The normalized spacial score (nSPS) is 11.6. The van der Waals surface area contributed by atoms with E-state index in [0.29, 0.717) is 22.2 Å². The highest BCUT2D eigenvalue weighted by Crippen LogP contribution is 2.23. The number of thiazole rings is 1. The van der Waals surface area contributed by atoms with Crippen LogP contribution < -0.4 is 14.8 Å². The Bertz CT molecular complexity index is 744. The van der Waals surface area contributed by atoms with Crippen LogP contribution in [-0.4, -0.2) is 35.7 Å². The van der Waals surface area contributed by atoms with E-state index in [0.717, 1.165) is 11.3 Å². The number of ether oxygens (including phenoxy) is 2. The lowest BCUT2D eigenvalue weighted by atomic mass is 10.3. The molecule has 0 fully saturated rings. The predicted molar refractivity (Wildman–Crippen MR) is 88.9 cm³/mol. The number of nitrogens with zero attached hydrogens (tertiary/aromatic N) is 1. The Morgan fingerprint density at radius 2 is 2.08 bits per heavy atom. The fourth-order valence-electron chi connectivity index (χ4n) is 1.99. The first-order valence-corrected chi connectivity index (χ1v) is 7.99. The molecule has 2 aromatic rings. The number of carboxylic acid groups (broad SMARTS) is 1. The van der Waals surface area contributed by atoms with Crippen molar-refractivity contribution in [3.05, 3.63) is 39.8 Å². The summed E-state index contributed by atoms with van der Waals surface area (Å²) in [5, 5.41) is 12.3. The topological polar surface area (TPSA) is 97.8 Å². The first kappa shape index (κ1) is 17.7. The van der Waals surface area contributed by atoms with Gasteiger partial charge in [0.25, 0.3) is 5.91 Å². The van der Waals surface area contributed by atoms with Crippen LogP contribution in [0.5, 0.6) is 11.5 Å². The van der Waals surface area contributed by atoms with E-state index in [2.05, 4.69) is 10.3 Å². The van der Waals surface area contributed by atoms with Gasteiger partial charge in [-0.05, 0) is 26.0 Å². The summed E-state index contributed by atoms with van der Waals surface area (Å²) < 4.78 is 10.5. The van der Waals surface area contributed by atoms with Crippen molar-refractivity contribution >= 4 is 23.2 Å². The molecule has 0 spiro atoms. The number of rotatable bonds is 7. The minimum absolute atomic E-state index is 0.159. The lowest BCUT2D eigenvalue weighted by Crippen LogP contribution is -2.31. The maximum Gasteiger partial charge on any atom is 0.347 e. The molecule has 1 atom stereocenters. The zero-order valence-corrected chi connectivity index (χ0v) is 14.3. The molecule has 1 aromatic heterocycles. The van der Waals surface area contributed by atoms with Crippen LogP contribution in [0.1, 0.15) is 33.3 Å². The van der Waals surface area contributed by atoms with Gasteiger partial charge in [0.15, 0.2) is 6.61 Å². The quantitative estimate of drug-likeness (QED) is 0.796. The smallest absolute Gasteiger partial charge is 0.347 e. The third-order valence-electron chi connectivity index (χ3n) is 3.17. The lowest BCUT2D eigenvalue weighted by Gasteiger charge is -2.12. The Kier molecular flexibility index (Phi) is 5.75. The van der Waals surface area contributed by atoms with Gasteiger partial charge in [-0.25, -0.2) is 9.78 Å². The van der Waals surface area contributed by atoms with Crippen LogP contribution in [0.2, 0.25) is 0 Å². The van der Waals surface area contributed by atoms with Crippen molar-refractivity contribution < 1.29 is 24.2 Å². The maximum absolute atomic E-state index is 12.0. The number of carbonyl (C=O) groups is 2. The van der Waals surface area contributed by atoms with Gasteiger partial charge in [-0.15, -0.1) is 11.3 Å². The van der Waals surface area contributed by atoms with Crippen molar-refractivity contribution in [2.75, 3.05) is 13.7 Å². The molecule has 24 heavy (non-hydrogen) atoms. The molecule has 7 nitrogen and oxygen atoms in total. The second-order valence-electron chi connectivity index (χ2n) is 5.03. The summed E-state index contributed by atoms with van der Waals surface area (Å²) in [4.78, 5) is 27.4. The zero-order valence-electron chi connectivity index (χ0n) is 13.5. The van der Waals surface area contributed by atoms with Crippen LogP contribution in [0.3, 0.4) is 0 Å². The monoisotopic (exact) mass is 350 g/mol. The van der Waals surface area contributed by atoms with Gasteiger partial charge in [0.05, 0.1) is 18.8 Å². The van der Waals surface area contributed by atoms with Gasteiger partial charge in [-0.1, -0.05) is 6.07 Å². The number of aromatic nitrogens is 1. The van der Waals surface area contributed by atoms with Gasteiger partial charge in [0.2, 0.25) is 0 Å². The number of aromatic carboxylic acids is 1. The predicted octanol–water partition coefficient (Wildman–Crippen LogP) is 2.41. The van der Waals surface area contributed by atoms with Crippen molar-refractivity contribution in [2.24, 2.45) is 0 Å². The lowest BCUT2D eigenvalue weighted by molar-refractivity contribution is -0.123. The average molecular weight is 350 g/mol. The van der Waals surface area contributed by atoms with E-state index >= 15 is 0 Å². The molecule has 0 aliphatic carbocycles. The molecular formula is C16H18N2O5S. The van der Waals surface area contributed by atoms with Crippen molar-refractivity contribution in [2.45, 2.75) is 19.9 Å². The first-order valence-electron chi connectivity index (χ1n) is 7.17. The highest BCUT2D eigenvalue weighted by atomic mass is 32.1. The second kappa shape index (κ2) is 7.78. The van der Waals surface area contributed by atoms with Gasteiger partial charge in [0, 0.05) is 6.07 Å². The van der Waals surface area contributed by atoms with E-state index in [-0.39, 0.29) is 17.4 Å². The fourth-order valence-corrected chi connectivity index (χ4v) is 2.89. The summed E-state index contributed by atoms with van der Waals surface area (Å²) in [7, 11) is 1.55. The second-order valence-corrected chi connectivity index (χ2v) is 6.06. The van der Waals surface area contributed by atoms with Crippen molar-refractivity contribution in [3.8, 4) is 11.5 Å². The summed E-state index contributed by atoms with van der Waals surface area (Å²) in [6.45, 7) is 3.21. The maximum atomic E-state index is 12.0. The molecule has 0 aliphatic rings. The van der Waals surface area contributed by atoms with Crippen molar-refractivity contribution in [1.29, 1.82) is 0 Å². The molecule has 2 rings (SSSR count). The molecule has 1 unspecified atom stereocenters. The molecule has 0 bridgehead atoms. The number of aryl methyl sites for hydroxylation is 1. The summed E-state index contributed by atoms with van der Waals surface area (Å²) in [6.07, 6.45) is 0. The van der Waals surface area contributed by atoms with Gasteiger partial charge in [-0.2, -0.15) is 0 Å². The highest BCUT2D eigenvalue weighted by Gasteiger charge is 2.19. The molecular weight excluding hydrogens is 332 g/mol. The third-order valence-corrected chi connectivity index (χ3v) is 4.49. The molecule has 1 amide bonds. The van der Waals surface area contributed by atoms with Gasteiger partial charge >= 0.3 is 5.97 Å². The van der Waals surface area contributed by atoms with Crippen molar-refractivity contribution in [3.63, 3.8) is 0 Å². The molecule has 0 saturated heterocycles. The van der Waals surface area contributed by atoms with Crippen LogP contribution in [0.15, 0.2) is 24.3 Å². The molecule has 8 heteroatoms. The van der Waals surface area contributed by atoms with Gasteiger partial charge in [0.1, 0.15) is 21.4 Å². The average Bonchev–Trinajstić information content (AvgIpc) is 2.95. The number of benzene rings is 1. The van der Waals surface area contributed by atoms with E-state index in [1.54, 1.807) is 45.2 Å². The Labute approximate surface area is 143 Å². The van der Waals surface area contributed by atoms with E-state index in [1.807, 2.05) is 0 Å². The molecule has 0 radical (unpaired) electrons. The number of carbonyl (C=O) groups excluding carboxylic acids is 1. The Balaban J connectivity index is 1.91. The molecule has 0 aliphatic heterocycles. The Morgan fingerprint density at radius 1 is 1.38 bits per heavy atom. The molecule has 2 N–H and O–H groups in total. The fraction of sp³-hybridized carbons (Fsp3) is 0.312. The third kappa shape index (κ3) is 4.45. The van der Waals surface area contributed by atoms with Gasteiger partial charge in [-0.3, -0.25) is 4.79 Å². The van der Waals surface area contributed by atoms with Crippen molar-refractivity contribution in [1.82, 2.24) is 10.3 Å². The molecule has 1 heterocycles. The van der Waals surface area contributed by atoms with Gasteiger partial charge < -0.3 is 19.9 Å². The Morgan fingerprint density at radius 3 is 2.71 bits per heavy atom. The first-order chi connectivity index (χ1) is 11.4. The number of methoxy groups -OCH3 is 1. The standard InChI is InChI=1S/C16H18N2O5S/c1-9-14(16(20)21)24-15(18-9)10(2)17-13(19)8-23-12-6-4-5-11(7-12)22-3/h4-7,10H,8H2,1-3H3,(H,17,19)(H,20,21). The SMILES string of the molecule is COc1cccc(OCC(=O)NC(C)c2nc(C)c(C(=O)O)s2)c1. The highest BCUT2D eigenvalue weighted by molar-refractivity contribution is 7.13. The summed E-state index contributed by atoms with van der Waals surface area (Å²) in [5.74, 6) is -0.178. The minimum atomic E-state index is -1.02. The minimum Gasteiger partial charge on any atom is -0.497 e. The zero-order chi connectivity index (χ0) is 17.7. The molecule has 1 aromatic carbocycles. The van der Waals surface area contributed by atoms with Crippen LogP contribution >= 0.6 is 11.3 Å². The van der Waals surface area contributed by atoms with E-state index in [1.165, 1.54) is 0 Å². The van der Waals surface area contributed by atoms with Crippen LogP contribution in [-0.2, 0) is 4.79 Å². The van der Waals surface area contributed by atoms with Crippen LogP contribution in [0, 0.1) is 6.92 Å². The molecule has 0 saturated carbocycles. The number of carboxylic acids is 1. The van der Waals surface area contributed by atoms with E-state index in [9.17, 15) is 9.59 Å². The largest absolute Gasteiger partial charge is 0.497 e.